The highest BCUT2D eigenvalue weighted by atomic mass is 16.5. The molecule has 0 aromatic heterocycles. The monoisotopic (exact) mass is 261 g/mol. The third-order valence-corrected chi connectivity index (χ3v) is 3.77. The molecule has 5 nitrogen and oxygen atoms in total. The molecule has 1 aromatic rings. The zero-order chi connectivity index (χ0) is 13.4. The first-order valence-electron chi connectivity index (χ1n) is 6.71. The fourth-order valence-corrected chi connectivity index (χ4v) is 2.67. The molecule has 102 valence electrons. The number of nitrogens with zero attached hydrogens (tertiary/aromatic N) is 2. The summed E-state index contributed by atoms with van der Waals surface area (Å²) >= 11 is 0. The second kappa shape index (κ2) is 4.74. The van der Waals surface area contributed by atoms with Gasteiger partial charge in [-0.05, 0) is 19.1 Å². The second-order valence-electron chi connectivity index (χ2n) is 5.02. The molecule has 2 aliphatic heterocycles. The first-order chi connectivity index (χ1) is 9.18. The Bertz CT molecular complexity index is 497. The van der Waals surface area contributed by atoms with E-state index in [0.29, 0.717) is 0 Å². The van der Waals surface area contributed by atoms with Crippen LogP contribution in [0.2, 0.25) is 0 Å². The molecule has 2 heterocycles. The van der Waals surface area contributed by atoms with E-state index in [-0.39, 0.29) is 5.91 Å². The summed E-state index contributed by atoms with van der Waals surface area (Å²) in [5, 5.41) is 3.34. The molecular formula is C14H19N3O2. The minimum atomic E-state index is -0.415. The van der Waals surface area contributed by atoms with Crippen molar-refractivity contribution in [2.45, 2.75) is 13.0 Å². The molecule has 0 saturated carbocycles. The molecule has 0 radical (unpaired) electrons. The van der Waals surface area contributed by atoms with Gasteiger partial charge in [0.1, 0.15) is 0 Å². The molecule has 1 N–H and O–H groups in total. The minimum Gasteiger partial charge on any atom is -0.476 e. The third kappa shape index (κ3) is 2.04. The summed E-state index contributed by atoms with van der Waals surface area (Å²) in [6.07, 6.45) is -0.415. The van der Waals surface area contributed by atoms with Gasteiger partial charge in [0.15, 0.2) is 11.9 Å². The highest BCUT2D eigenvalue weighted by Gasteiger charge is 2.31. The van der Waals surface area contributed by atoms with Crippen molar-refractivity contribution < 1.29 is 9.53 Å². The molecule has 3 rings (SSSR count). The maximum absolute atomic E-state index is 12.0. The quantitative estimate of drug-likeness (QED) is 0.813. The van der Waals surface area contributed by atoms with Crippen LogP contribution in [0.5, 0.6) is 5.75 Å². The summed E-state index contributed by atoms with van der Waals surface area (Å²) < 4.78 is 5.85. The molecule has 1 amide bonds. The number of piperazine rings is 1. The number of carbonyl (C=O) groups excluding carboxylic acids is 1. The van der Waals surface area contributed by atoms with E-state index in [1.807, 2.05) is 19.2 Å². The van der Waals surface area contributed by atoms with Gasteiger partial charge in [0.05, 0.1) is 11.4 Å². The van der Waals surface area contributed by atoms with Gasteiger partial charge in [-0.25, -0.2) is 0 Å². The first-order valence-corrected chi connectivity index (χ1v) is 6.71. The summed E-state index contributed by atoms with van der Waals surface area (Å²) in [6, 6.07) is 5.99. The van der Waals surface area contributed by atoms with Crippen LogP contribution in [0.1, 0.15) is 6.92 Å². The van der Waals surface area contributed by atoms with Crippen LogP contribution in [-0.2, 0) is 4.79 Å². The van der Waals surface area contributed by atoms with Crippen molar-refractivity contribution in [2.75, 3.05) is 43.0 Å². The van der Waals surface area contributed by atoms with Gasteiger partial charge >= 0.3 is 0 Å². The smallest absolute Gasteiger partial charge is 0.267 e. The molecule has 2 aliphatic rings. The molecule has 0 spiro atoms. The number of ether oxygens (including phenoxy) is 1. The number of likely N-dealkylation sites (N-methyl/N-ethyl adjacent to an activating group) is 1. The van der Waals surface area contributed by atoms with E-state index in [1.165, 1.54) is 0 Å². The minimum absolute atomic E-state index is 0.00459. The first kappa shape index (κ1) is 12.3. The molecule has 5 heteroatoms. The lowest BCUT2D eigenvalue weighted by Crippen LogP contribution is -2.45. The summed E-state index contributed by atoms with van der Waals surface area (Å²) in [4.78, 5) is 16.0. The van der Waals surface area contributed by atoms with Crippen LogP contribution >= 0.6 is 0 Å². The van der Waals surface area contributed by atoms with Crippen molar-refractivity contribution >= 4 is 17.3 Å². The normalized spacial score (nSPS) is 23.1. The Kier molecular flexibility index (Phi) is 3.06. The van der Waals surface area contributed by atoms with Crippen molar-refractivity contribution in [2.24, 2.45) is 0 Å². The van der Waals surface area contributed by atoms with Crippen molar-refractivity contribution in [1.82, 2.24) is 5.32 Å². The number of nitrogens with one attached hydrogen (secondary N) is 1. The summed E-state index contributed by atoms with van der Waals surface area (Å²) in [5.41, 5.74) is 1.95. The van der Waals surface area contributed by atoms with Crippen molar-refractivity contribution in [3.63, 3.8) is 0 Å². The molecule has 0 bridgehead atoms. The molecule has 1 saturated heterocycles. The van der Waals surface area contributed by atoms with E-state index in [9.17, 15) is 4.79 Å². The number of benzene rings is 1. The van der Waals surface area contributed by atoms with Crippen LogP contribution in [0, 0.1) is 0 Å². The third-order valence-electron chi connectivity index (χ3n) is 3.77. The number of anilines is 2. The van der Waals surface area contributed by atoms with Crippen LogP contribution in [0.3, 0.4) is 0 Å². The summed E-state index contributed by atoms with van der Waals surface area (Å²) in [6.45, 7) is 5.69. The van der Waals surface area contributed by atoms with E-state index < -0.39 is 6.10 Å². The number of carbonyl (C=O) groups is 1. The van der Waals surface area contributed by atoms with Gasteiger partial charge in [-0.1, -0.05) is 6.07 Å². The van der Waals surface area contributed by atoms with Crippen LogP contribution in [0.25, 0.3) is 0 Å². The average Bonchev–Trinajstić information content (AvgIpc) is 2.45. The van der Waals surface area contributed by atoms with Crippen LogP contribution < -0.4 is 19.9 Å². The standard InChI is InChI=1S/C14H19N3O2/c1-10-14(18)16(2)11-4-3-5-12(13(11)19-10)17-8-6-15-7-9-17/h3-5,10,15H,6-9H2,1-2H3/t10-/m1/s1. The number of amides is 1. The highest BCUT2D eigenvalue weighted by Crippen LogP contribution is 2.41. The molecule has 19 heavy (non-hydrogen) atoms. The molecule has 0 aliphatic carbocycles. The van der Waals surface area contributed by atoms with Gasteiger partial charge in [0, 0.05) is 33.2 Å². The van der Waals surface area contributed by atoms with E-state index in [2.05, 4.69) is 16.3 Å². The average molecular weight is 261 g/mol. The predicted molar refractivity (Wildman–Crippen MR) is 75.0 cm³/mol. The lowest BCUT2D eigenvalue weighted by atomic mass is 10.1. The predicted octanol–water partition coefficient (Wildman–Crippen LogP) is 0.840. The van der Waals surface area contributed by atoms with E-state index in [4.69, 9.17) is 4.74 Å². The van der Waals surface area contributed by atoms with Crippen molar-refractivity contribution in [1.29, 1.82) is 0 Å². The Hall–Kier alpha value is -1.75. The zero-order valence-corrected chi connectivity index (χ0v) is 11.3. The Balaban J connectivity index is 2.01. The zero-order valence-electron chi connectivity index (χ0n) is 11.3. The Morgan fingerprint density at radius 1 is 1.26 bits per heavy atom. The lowest BCUT2D eigenvalue weighted by Gasteiger charge is -2.36. The second-order valence-corrected chi connectivity index (χ2v) is 5.02. The van der Waals surface area contributed by atoms with Crippen molar-refractivity contribution in [3.05, 3.63) is 18.2 Å². The fraction of sp³-hybridized carbons (Fsp3) is 0.500. The van der Waals surface area contributed by atoms with Gasteiger partial charge in [-0.3, -0.25) is 4.79 Å². The number of fused-ring (bicyclic) bond motifs is 1. The summed E-state index contributed by atoms with van der Waals surface area (Å²) in [5.74, 6) is 0.837. The van der Waals surface area contributed by atoms with Crippen LogP contribution in [0.15, 0.2) is 18.2 Å². The molecular weight excluding hydrogens is 242 g/mol. The largest absolute Gasteiger partial charge is 0.476 e. The van der Waals surface area contributed by atoms with Gasteiger partial charge in [0.2, 0.25) is 0 Å². The Labute approximate surface area is 113 Å². The Morgan fingerprint density at radius 2 is 1.95 bits per heavy atom. The Morgan fingerprint density at radius 3 is 2.68 bits per heavy atom. The topological polar surface area (TPSA) is 44.8 Å². The van der Waals surface area contributed by atoms with Gasteiger partial charge in [0.25, 0.3) is 5.91 Å². The number of rotatable bonds is 1. The maximum Gasteiger partial charge on any atom is 0.267 e. The van der Waals surface area contributed by atoms with Gasteiger partial charge in [-0.2, -0.15) is 0 Å². The molecule has 1 atom stereocenters. The van der Waals surface area contributed by atoms with E-state index in [0.717, 1.165) is 43.3 Å². The number of hydrogen-bond acceptors (Lipinski definition) is 4. The maximum atomic E-state index is 12.0. The fourth-order valence-electron chi connectivity index (χ4n) is 2.67. The van der Waals surface area contributed by atoms with Gasteiger partial charge < -0.3 is 19.9 Å². The molecule has 1 fully saturated rings. The lowest BCUT2D eigenvalue weighted by molar-refractivity contribution is -0.125. The van der Waals surface area contributed by atoms with E-state index >= 15 is 0 Å². The number of hydrogen-bond donors (Lipinski definition) is 1. The van der Waals surface area contributed by atoms with Crippen molar-refractivity contribution in [3.8, 4) is 5.75 Å². The SMILES string of the molecule is C[C@H]1Oc2c(N3CCNCC3)cccc2N(C)C1=O. The highest BCUT2D eigenvalue weighted by molar-refractivity contribution is 6.00. The van der Waals surface area contributed by atoms with Crippen LogP contribution in [0.4, 0.5) is 11.4 Å². The van der Waals surface area contributed by atoms with Gasteiger partial charge in [-0.15, -0.1) is 0 Å². The molecule has 0 unspecified atom stereocenters. The number of para-hydroxylation sites is 1. The molecule has 1 aromatic carbocycles. The van der Waals surface area contributed by atoms with Crippen LogP contribution in [-0.4, -0.2) is 45.2 Å². The summed E-state index contributed by atoms with van der Waals surface area (Å²) in [7, 11) is 1.81. The van der Waals surface area contributed by atoms with E-state index in [1.54, 1.807) is 11.8 Å².